The van der Waals surface area contributed by atoms with E-state index in [1.165, 1.54) is 21.9 Å². The van der Waals surface area contributed by atoms with Crippen LogP contribution in [0.5, 0.6) is 0 Å². The van der Waals surface area contributed by atoms with Gasteiger partial charge in [0.1, 0.15) is 16.5 Å². The molecule has 8 heteroatoms. The molecule has 0 spiro atoms. The molecule has 0 radical (unpaired) electrons. The molecule has 0 unspecified atom stereocenters. The molecule has 0 aromatic carbocycles. The lowest BCUT2D eigenvalue weighted by molar-refractivity contribution is 0.208. The van der Waals surface area contributed by atoms with E-state index in [2.05, 4.69) is 15.0 Å². The van der Waals surface area contributed by atoms with E-state index in [1.807, 2.05) is 24.3 Å². The predicted octanol–water partition coefficient (Wildman–Crippen LogP) is 2.85. The molecule has 0 atom stereocenters. The van der Waals surface area contributed by atoms with Crippen molar-refractivity contribution in [3.63, 3.8) is 0 Å². The predicted molar refractivity (Wildman–Crippen MR) is 92.2 cm³/mol. The summed E-state index contributed by atoms with van der Waals surface area (Å²) in [6.07, 6.45) is 3.31. The maximum atomic E-state index is 12.0. The second-order valence-corrected chi connectivity index (χ2v) is 6.77. The Balaban J connectivity index is 1.61. The van der Waals surface area contributed by atoms with Crippen molar-refractivity contribution in [3.8, 4) is 0 Å². The van der Waals surface area contributed by atoms with Gasteiger partial charge in [0.05, 0.1) is 32.2 Å². The van der Waals surface area contributed by atoms with E-state index in [-0.39, 0.29) is 5.56 Å². The molecule has 0 saturated heterocycles. The van der Waals surface area contributed by atoms with Gasteiger partial charge >= 0.3 is 0 Å². The van der Waals surface area contributed by atoms with Crippen molar-refractivity contribution in [2.45, 2.75) is 26.6 Å². The molecular weight excluding hydrogens is 340 g/mol. The van der Waals surface area contributed by atoms with Crippen molar-refractivity contribution in [2.75, 3.05) is 0 Å². The quantitative estimate of drug-likeness (QED) is 0.529. The summed E-state index contributed by atoms with van der Waals surface area (Å²) < 4.78 is 12.3. The molecule has 0 fully saturated rings. The van der Waals surface area contributed by atoms with Crippen LogP contribution in [0, 0.1) is 6.92 Å². The van der Waals surface area contributed by atoms with E-state index in [1.54, 1.807) is 19.5 Å². The third kappa shape index (κ3) is 3.54. The molecule has 0 N–H and O–H groups in total. The molecule has 0 bridgehead atoms. The first kappa shape index (κ1) is 15.8. The molecule has 25 heavy (non-hydrogen) atoms. The van der Waals surface area contributed by atoms with Crippen LogP contribution in [0.25, 0.3) is 4.96 Å². The first-order chi connectivity index (χ1) is 12.2. The summed E-state index contributed by atoms with van der Waals surface area (Å²) in [5, 5.41) is 5.22. The van der Waals surface area contributed by atoms with Crippen LogP contribution in [0.3, 0.4) is 0 Å². The molecule has 0 aliphatic carbocycles. The summed E-state index contributed by atoms with van der Waals surface area (Å²) in [6, 6.07) is 9.08. The Morgan fingerprint density at radius 2 is 1.80 bits per heavy atom. The topological polar surface area (TPSA) is 76.8 Å². The van der Waals surface area contributed by atoms with Crippen LogP contribution < -0.4 is 5.56 Å². The summed E-state index contributed by atoms with van der Waals surface area (Å²) >= 11 is 1.42. The monoisotopic (exact) mass is 356 g/mol. The van der Waals surface area contributed by atoms with E-state index < -0.39 is 0 Å². The van der Waals surface area contributed by atoms with Crippen LogP contribution >= 0.6 is 11.3 Å². The molecule has 4 aromatic rings. The van der Waals surface area contributed by atoms with Gasteiger partial charge in [0, 0.05) is 11.8 Å². The van der Waals surface area contributed by atoms with E-state index in [9.17, 15) is 4.79 Å². The highest BCUT2D eigenvalue weighted by Crippen LogP contribution is 2.18. The minimum atomic E-state index is -0.159. The van der Waals surface area contributed by atoms with Crippen molar-refractivity contribution in [2.24, 2.45) is 0 Å². The van der Waals surface area contributed by atoms with Gasteiger partial charge < -0.3 is 8.83 Å². The minimum absolute atomic E-state index is 0.159. The Hall–Kier alpha value is -2.71. The van der Waals surface area contributed by atoms with Crippen LogP contribution in [0.2, 0.25) is 0 Å². The van der Waals surface area contributed by atoms with Crippen molar-refractivity contribution in [3.05, 3.63) is 75.4 Å². The fraction of sp³-hybridized carbons (Fsp3) is 0.235. The zero-order valence-electron chi connectivity index (χ0n) is 13.6. The van der Waals surface area contributed by atoms with Crippen molar-refractivity contribution in [1.29, 1.82) is 0 Å². The fourth-order valence-corrected chi connectivity index (χ4v) is 3.62. The van der Waals surface area contributed by atoms with Crippen LogP contribution in [-0.2, 0) is 19.6 Å². The number of aromatic nitrogens is 3. The van der Waals surface area contributed by atoms with E-state index in [0.717, 1.165) is 16.5 Å². The minimum Gasteiger partial charge on any atom is -0.468 e. The van der Waals surface area contributed by atoms with E-state index in [4.69, 9.17) is 8.83 Å². The van der Waals surface area contributed by atoms with E-state index >= 15 is 0 Å². The van der Waals surface area contributed by atoms with Gasteiger partial charge in [-0.3, -0.25) is 9.69 Å². The van der Waals surface area contributed by atoms with Gasteiger partial charge in [-0.2, -0.15) is 9.61 Å². The summed E-state index contributed by atoms with van der Waals surface area (Å²) in [5.74, 6) is 1.72. The van der Waals surface area contributed by atoms with Crippen LogP contribution in [0.4, 0.5) is 0 Å². The number of hydrogen-bond donors (Lipinski definition) is 0. The van der Waals surface area contributed by atoms with Crippen LogP contribution in [-0.4, -0.2) is 19.5 Å². The second kappa shape index (κ2) is 6.66. The maximum Gasteiger partial charge on any atom is 0.275 e. The Bertz CT molecular complexity index is 982. The lowest BCUT2D eigenvalue weighted by Crippen LogP contribution is -2.22. The molecule has 7 nitrogen and oxygen atoms in total. The summed E-state index contributed by atoms with van der Waals surface area (Å²) in [7, 11) is 0. The zero-order valence-corrected chi connectivity index (χ0v) is 14.4. The SMILES string of the molecule is Cc1cc(=O)n2nc(CN(Cc3ccco3)Cc3ccco3)sc2n1. The highest BCUT2D eigenvalue weighted by atomic mass is 32.1. The fourth-order valence-electron chi connectivity index (χ4n) is 2.63. The highest BCUT2D eigenvalue weighted by molar-refractivity contribution is 7.16. The molecule has 0 aliphatic heterocycles. The van der Waals surface area contributed by atoms with Gasteiger partial charge in [0.15, 0.2) is 0 Å². The molecule has 4 rings (SSSR count). The number of rotatable bonds is 6. The molecule has 0 amide bonds. The Kier molecular flexibility index (Phi) is 4.21. The average Bonchev–Trinajstić information content (AvgIpc) is 3.29. The second-order valence-electron chi connectivity index (χ2n) is 5.73. The molecule has 4 aromatic heterocycles. The Labute approximate surface area is 147 Å². The molecule has 4 heterocycles. The average molecular weight is 356 g/mol. The van der Waals surface area contributed by atoms with Crippen LogP contribution in [0.1, 0.15) is 22.2 Å². The summed E-state index contributed by atoms with van der Waals surface area (Å²) in [6.45, 7) is 3.60. The molecule has 0 aliphatic rings. The number of hydrogen-bond acceptors (Lipinski definition) is 7. The largest absolute Gasteiger partial charge is 0.468 e. The maximum absolute atomic E-state index is 12.0. The smallest absolute Gasteiger partial charge is 0.275 e. The van der Waals surface area contributed by atoms with E-state index in [0.29, 0.717) is 30.3 Å². The van der Waals surface area contributed by atoms with Gasteiger partial charge in [-0.15, -0.1) is 0 Å². The number of nitrogens with zero attached hydrogens (tertiary/aromatic N) is 4. The van der Waals surface area contributed by atoms with Gasteiger partial charge in [-0.05, 0) is 31.2 Å². The lowest BCUT2D eigenvalue weighted by Gasteiger charge is -2.18. The van der Waals surface area contributed by atoms with Crippen molar-refractivity contribution < 1.29 is 8.83 Å². The summed E-state index contributed by atoms with van der Waals surface area (Å²) in [5.41, 5.74) is 0.539. The van der Waals surface area contributed by atoms with Crippen molar-refractivity contribution in [1.82, 2.24) is 19.5 Å². The first-order valence-electron chi connectivity index (χ1n) is 7.81. The lowest BCUT2D eigenvalue weighted by atomic mass is 10.3. The van der Waals surface area contributed by atoms with Crippen LogP contribution in [0.15, 0.2) is 56.5 Å². The molecular formula is C17H16N4O3S. The normalized spacial score (nSPS) is 11.6. The zero-order chi connectivity index (χ0) is 17.2. The molecule has 0 saturated carbocycles. The molecule has 128 valence electrons. The standard InChI is InChI=1S/C17H16N4O3S/c1-12-8-16(22)21-17(18-12)25-15(19-21)11-20(9-13-4-2-6-23-13)10-14-5-3-7-24-14/h2-8H,9-11H2,1H3. The van der Waals surface area contributed by atoms with Gasteiger partial charge in [-0.25, -0.2) is 4.98 Å². The Morgan fingerprint density at radius 3 is 2.40 bits per heavy atom. The Morgan fingerprint density at radius 1 is 1.12 bits per heavy atom. The first-order valence-corrected chi connectivity index (χ1v) is 8.62. The third-order valence-electron chi connectivity index (χ3n) is 3.69. The number of furan rings is 2. The van der Waals surface area contributed by atoms with Gasteiger partial charge in [0.25, 0.3) is 5.56 Å². The number of fused-ring (bicyclic) bond motifs is 1. The van der Waals surface area contributed by atoms with Gasteiger partial charge in [-0.1, -0.05) is 11.3 Å². The third-order valence-corrected chi connectivity index (χ3v) is 4.59. The van der Waals surface area contributed by atoms with Crippen molar-refractivity contribution >= 4 is 16.3 Å². The van der Waals surface area contributed by atoms with Gasteiger partial charge in [0.2, 0.25) is 4.96 Å². The number of aryl methyl sites for hydroxylation is 1. The summed E-state index contributed by atoms with van der Waals surface area (Å²) in [4.78, 5) is 19.2. The highest BCUT2D eigenvalue weighted by Gasteiger charge is 2.15.